The second kappa shape index (κ2) is 7.25. The Morgan fingerprint density at radius 1 is 1.33 bits per heavy atom. The van der Waals surface area contributed by atoms with Gasteiger partial charge < -0.3 is 14.7 Å². The minimum atomic E-state index is -0.576. The van der Waals surface area contributed by atoms with E-state index in [4.69, 9.17) is 4.74 Å². The average molecular weight is 292 g/mol. The monoisotopic (exact) mass is 292 g/mol. The highest BCUT2D eigenvalue weighted by atomic mass is 16.5. The number of β-amino-alcohol motifs (C(OH)–C–C–N with tert-alkyl or cyclic N) is 1. The lowest BCUT2D eigenvalue weighted by Gasteiger charge is -2.39. The van der Waals surface area contributed by atoms with E-state index in [9.17, 15) is 5.11 Å². The molecule has 2 rings (SSSR count). The zero-order valence-electron chi connectivity index (χ0n) is 13.5. The third-order valence-corrected chi connectivity index (χ3v) is 4.00. The zero-order valence-corrected chi connectivity index (χ0v) is 13.5. The molecule has 0 saturated carbocycles. The summed E-state index contributed by atoms with van der Waals surface area (Å²) in [6, 6.07) is 8.21. The normalized spacial score (nSPS) is 23.5. The van der Waals surface area contributed by atoms with E-state index < -0.39 is 5.60 Å². The second-order valence-electron chi connectivity index (χ2n) is 6.31. The highest BCUT2D eigenvalue weighted by Gasteiger charge is 2.32. The summed E-state index contributed by atoms with van der Waals surface area (Å²) in [7, 11) is 4.15. The molecule has 0 bridgehead atoms. The van der Waals surface area contributed by atoms with Gasteiger partial charge in [-0.05, 0) is 58.1 Å². The van der Waals surface area contributed by atoms with Crippen molar-refractivity contribution >= 4 is 0 Å². The summed E-state index contributed by atoms with van der Waals surface area (Å²) in [5.74, 6) is 0.913. The maximum absolute atomic E-state index is 10.7. The van der Waals surface area contributed by atoms with Crippen molar-refractivity contribution in [1.29, 1.82) is 0 Å². The Kier molecular flexibility index (Phi) is 5.62. The van der Waals surface area contributed by atoms with E-state index in [1.807, 2.05) is 19.1 Å². The topological polar surface area (TPSA) is 35.9 Å². The Labute approximate surface area is 128 Å². The first-order valence-electron chi connectivity index (χ1n) is 7.82. The molecule has 1 atom stereocenters. The summed E-state index contributed by atoms with van der Waals surface area (Å²) < 4.78 is 5.46. The first-order chi connectivity index (χ1) is 10.0. The number of likely N-dealkylation sites (tertiary alicyclic amines) is 1. The van der Waals surface area contributed by atoms with Crippen LogP contribution in [-0.4, -0.2) is 60.8 Å². The van der Waals surface area contributed by atoms with Gasteiger partial charge in [-0.3, -0.25) is 4.90 Å². The van der Waals surface area contributed by atoms with Gasteiger partial charge in [0.25, 0.3) is 0 Å². The summed E-state index contributed by atoms with van der Waals surface area (Å²) in [5, 5.41) is 10.7. The first kappa shape index (κ1) is 16.3. The fraction of sp³-hybridized carbons (Fsp3) is 0.647. The highest BCUT2D eigenvalue weighted by molar-refractivity contribution is 5.27. The zero-order chi connectivity index (χ0) is 15.3. The van der Waals surface area contributed by atoms with Crippen molar-refractivity contribution < 1.29 is 9.84 Å². The molecule has 4 heteroatoms. The lowest BCUT2D eigenvalue weighted by molar-refractivity contribution is -0.0441. The van der Waals surface area contributed by atoms with E-state index in [1.54, 1.807) is 0 Å². The van der Waals surface area contributed by atoms with Gasteiger partial charge in [-0.1, -0.05) is 12.1 Å². The molecule has 0 amide bonds. The quantitative estimate of drug-likeness (QED) is 0.869. The van der Waals surface area contributed by atoms with Crippen LogP contribution in [0.2, 0.25) is 0 Å². The standard InChI is InChI=1S/C17H28N2O2/c1-4-21-16-8-6-15(7-9-16)12-19(3)14-17(20)10-5-11-18(2)13-17/h6-9,20H,4-5,10-14H2,1-3H3/t17-/m0/s1. The van der Waals surface area contributed by atoms with E-state index in [0.717, 1.165) is 38.2 Å². The molecule has 0 aromatic heterocycles. The number of piperidine rings is 1. The van der Waals surface area contributed by atoms with E-state index in [2.05, 4.69) is 36.0 Å². The summed E-state index contributed by atoms with van der Waals surface area (Å²) in [5.41, 5.74) is 0.668. The van der Waals surface area contributed by atoms with Gasteiger partial charge in [0.1, 0.15) is 5.75 Å². The number of rotatable bonds is 6. The fourth-order valence-corrected chi connectivity index (χ4v) is 3.20. The summed E-state index contributed by atoms with van der Waals surface area (Å²) in [4.78, 5) is 4.42. The predicted octanol–water partition coefficient (Wildman–Crippen LogP) is 1.97. The maximum atomic E-state index is 10.7. The predicted molar refractivity (Wildman–Crippen MR) is 85.6 cm³/mol. The molecule has 1 fully saturated rings. The van der Waals surface area contributed by atoms with E-state index in [0.29, 0.717) is 13.2 Å². The number of ether oxygens (including phenoxy) is 1. The summed E-state index contributed by atoms with van der Waals surface area (Å²) in [6.45, 7) is 6.10. The van der Waals surface area contributed by atoms with Crippen molar-refractivity contribution in [3.63, 3.8) is 0 Å². The van der Waals surface area contributed by atoms with Crippen LogP contribution in [0.4, 0.5) is 0 Å². The van der Waals surface area contributed by atoms with E-state index in [1.165, 1.54) is 5.56 Å². The van der Waals surface area contributed by atoms with Crippen LogP contribution >= 0.6 is 0 Å². The van der Waals surface area contributed by atoms with Gasteiger partial charge in [-0.25, -0.2) is 0 Å². The number of hydrogen-bond acceptors (Lipinski definition) is 4. The SMILES string of the molecule is CCOc1ccc(CN(C)C[C@]2(O)CCCN(C)C2)cc1. The van der Waals surface area contributed by atoms with E-state index >= 15 is 0 Å². The Hall–Kier alpha value is -1.10. The number of aliphatic hydroxyl groups is 1. The molecular formula is C17H28N2O2. The van der Waals surface area contributed by atoms with E-state index in [-0.39, 0.29) is 0 Å². The van der Waals surface area contributed by atoms with Gasteiger partial charge in [-0.2, -0.15) is 0 Å². The van der Waals surface area contributed by atoms with Crippen molar-refractivity contribution in [1.82, 2.24) is 9.80 Å². The van der Waals surface area contributed by atoms with Gasteiger partial charge >= 0.3 is 0 Å². The second-order valence-corrected chi connectivity index (χ2v) is 6.31. The molecule has 4 nitrogen and oxygen atoms in total. The van der Waals surface area contributed by atoms with Crippen molar-refractivity contribution in [2.45, 2.75) is 31.9 Å². The third kappa shape index (κ3) is 4.99. The summed E-state index contributed by atoms with van der Waals surface area (Å²) >= 11 is 0. The number of nitrogens with zero attached hydrogens (tertiary/aromatic N) is 2. The molecular weight excluding hydrogens is 264 g/mol. The largest absolute Gasteiger partial charge is 0.494 e. The maximum Gasteiger partial charge on any atom is 0.119 e. The minimum absolute atomic E-state index is 0.576. The first-order valence-corrected chi connectivity index (χ1v) is 7.82. The summed E-state index contributed by atoms with van der Waals surface area (Å²) in [6.07, 6.45) is 1.97. The molecule has 0 spiro atoms. The molecule has 1 aromatic carbocycles. The molecule has 0 radical (unpaired) electrons. The molecule has 1 heterocycles. The number of hydrogen-bond donors (Lipinski definition) is 1. The Balaban J connectivity index is 1.87. The van der Waals surface area contributed by atoms with Crippen molar-refractivity contribution in [2.75, 3.05) is 40.3 Å². The van der Waals surface area contributed by atoms with Gasteiger partial charge in [0, 0.05) is 19.6 Å². The van der Waals surface area contributed by atoms with Crippen LogP contribution in [0.25, 0.3) is 0 Å². The molecule has 1 aliphatic heterocycles. The molecule has 21 heavy (non-hydrogen) atoms. The van der Waals surface area contributed by atoms with Crippen LogP contribution in [0, 0.1) is 0 Å². The molecule has 1 N–H and O–H groups in total. The van der Waals surface area contributed by atoms with Crippen LogP contribution in [0.3, 0.4) is 0 Å². The Morgan fingerprint density at radius 2 is 2.05 bits per heavy atom. The van der Waals surface area contributed by atoms with Gasteiger partial charge in [0.15, 0.2) is 0 Å². The van der Waals surface area contributed by atoms with Crippen molar-refractivity contribution in [3.8, 4) is 5.75 Å². The van der Waals surface area contributed by atoms with Crippen LogP contribution in [0.5, 0.6) is 5.75 Å². The van der Waals surface area contributed by atoms with Crippen LogP contribution in [-0.2, 0) is 6.54 Å². The van der Waals surface area contributed by atoms with Gasteiger partial charge in [0.2, 0.25) is 0 Å². The van der Waals surface area contributed by atoms with Crippen LogP contribution in [0.15, 0.2) is 24.3 Å². The molecule has 0 unspecified atom stereocenters. The molecule has 118 valence electrons. The van der Waals surface area contributed by atoms with Crippen LogP contribution < -0.4 is 4.74 Å². The third-order valence-electron chi connectivity index (χ3n) is 4.00. The minimum Gasteiger partial charge on any atom is -0.494 e. The lowest BCUT2D eigenvalue weighted by atomic mass is 9.92. The van der Waals surface area contributed by atoms with Crippen molar-refractivity contribution in [3.05, 3.63) is 29.8 Å². The van der Waals surface area contributed by atoms with Crippen molar-refractivity contribution in [2.24, 2.45) is 0 Å². The Morgan fingerprint density at radius 3 is 2.67 bits per heavy atom. The molecule has 1 saturated heterocycles. The van der Waals surface area contributed by atoms with Crippen LogP contribution in [0.1, 0.15) is 25.3 Å². The number of benzene rings is 1. The van der Waals surface area contributed by atoms with Gasteiger partial charge in [-0.15, -0.1) is 0 Å². The fourth-order valence-electron chi connectivity index (χ4n) is 3.20. The van der Waals surface area contributed by atoms with Gasteiger partial charge in [0.05, 0.1) is 12.2 Å². The molecule has 1 aromatic rings. The molecule has 0 aliphatic carbocycles. The molecule has 1 aliphatic rings. The average Bonchev–Trinajstić information content (AvgIpc) is 2.40. The Bertz CT molecular complexity index is 435. The number of likely N-dealkylation sites (N-methyl/N-ethyl adjacent to an activating group) is 2. The lowest BCUT2D eigenvalue weighted by Crippen LogP contribution is -2.52. The smallest absolute Gasteiger partial charge is 0.119 e. The highest BCUT2D eigenvalue weighted by Crippen LogP contribution is 2.22.